The van der Waals surface area contributed by atoms with E-state index in [0.29, 0.717) is 12.3 Å². The predicted octanol–water partition coefficient (Wildman–Crippen LogP) is 1.27. The first-order chi connectivity index (χ1) is 7.51. The molecule has 1 aromatic rings. The average molecular weight is 279 g/mol. The van der Waals surface area contributed by atoms with E-state index < -0.39 is 9.84 Å². The van der Waals surface area contributed by atoms with Gasteiger partial charge in [0.2, 0.25) is 5.13 Å². The molecule has 1 rings (SSSR count). The normalized spacial score (nSPS) is 11.3. The van der Waals surface area contributed by atoms with Crippen LogP contribution >= 0.6 is 23.1 Å². The fourth-order valence-electron chi connectivity index (χ4n) is 0.779. The summed E-state index contributed by atoms with van der Waals surface area (Å²) in [7, 11) is -2.89. The van der Waals surface area contributed by atoms with E-state index in [4.69, 9.17) is 0 Å². The largest absolute Gasteiger partial charge is 0.357 e. The van der Waals surface area contributed by atoms with E-state index in [1.165, 1.54) is 29.4 Å². The summed E-state index contributed by atoms with van der Waals surface area (Å²) in [4.78, 5) is 0. The first-order valence-electron chi connectivity index (χ1n) is 4.50. The lowest BCUT2D eigenvalue weighted by Crippen LogP contribution is -2.04. The maximum atomic E-state index is 10.9. The topological polar surface area (TPSA) is 72.0 Å². The monoisotopic (exact) mass is 279 g/mol. The number of anilines is 1. The molecule has 1 aromatic heterocycles. The summed E-state index contributed by atoms with van der Waals surface area (Å²) in [5, 5.41) is 11.6. The van der Waals surface area contributed by atoms with Crippen LogP contribution in [0, 0.1) is 0 Å². The summed E-state index contributed by atoms with van der Waals surface area (Å²) < 4.78 is 22.6. The van der Waals surface area contributed by atoms with Crippen molar-refractivity contribution in [2.75, 3.05) is 29.6 Å². The molecule has 0 saturated carbocycles. The Kier molecular flexibility index (Phi) is 5.23. The van der Waals surface area contributed by atoms with E-state index in [0.717, 1.165) is 9.47 Å². The van der Waals surface area contributed by atoms with Crippen molar-refractivity contribution in [3.05, 3.63) is 12.7 Å². The number of thioether (sulfide) groups is 1. The van der Waals surface area contributed by atoms with Gasteiger partial charge in [0.1, 0.15) is 9.84 Å². The maximum absolute atomic E-state index is 10.9. The number of aromatic nitrogens is 2. The van der Waals surface area contributed by atoms with Crippen LogP contribution < -0.4 is 5.32 Å². The quantitative estimate of drug-likeness (QED) is 0.598. The van der Waals surface area contributed by atoms with E-state index in [-0.39, 0.29) is 5.75 Å². The molecule has 0 bridgehead atoms. The molecule has 0 saturated heterocycles. The Morgan fingerprint density at radius 2 is 2.31 bits per heavy atom. The molecule has 0 atom stereocenters. The van der Waals surface area contributed by atoms with Crippen molar-refractivity contribution in [2.24, 2.45) is 0 Å². The van der Waals surface area contributed by atoms with Crippen molar-refractivity contribution < 1.29 is 8.42 Å². The highest BCUT2D eigenvalue weighted by atomic mass is 32.2. The molecule has 1 N–H and O–H groups in total. The van der Waals surface area contributed by atoms with E-state index in [2.05, 4.69) is 22.1 Å². The minimum atomic E-state index is -2.89. The summed E-state index contributed by atoms with van der Waals surface area (Å²) in [6.07, 6.45) is 2.96. The molecule has 8 heteroatoms. The van der Waals surface area contributed by atoms with Crippen LogP contribution in [0.1, 0.15) is 0 Å². The average Bonchev–Trinajstić information content (AvgIpc) is 2.61. The van der Waals surface area contributed by atoms with Crippen LogP contribution in [0.15, 0.2) is 17.0 Å². The Labute approximate surface area is 103 Å². The summed E-state index contributed by atoms with van der Waals surface area (Å²) in [6, 6.07) is 0. The molecule has 16 heavy (non-hydrogen) atoms. The number of hydrogen-bond acceptors (Lipinski definition) is 7. The second kappa shape index (κ2) is 6.21. The number of sulfone groups is 1. The van der Waals surface area contributed by atoms with Crippen LogP contribution in [0.2, 0.25) is 0 Å². The van der Waals surface area contributed by atoms with Crippen LogP contribution in [0.5, 0.6) is 0 Å². The van der Waals surface area contributed by atoms with Crippen molar-refractivity contribution in [3.8, 4) is 0 Å². The molecule has 0 radical (unpaired) electrons. The Bertz CT molecular complexity index is 441. The highest BCUT2D eigenvalue weighted by molar-refractivity contribution is 8.02. The van der Waals surface area contributed by atoms with Crippen LogP contribution in [-0.4, -0.2) is 42.9 Å². The number of nitrogens with zero attached hydrogens (tertiary/aromatic N) is 2. The zero-order chi connectivity index (χ0) is 12.0. The fourth-order valence-corrected chi connectivity index (χ4v) is 3.80. The minimum absolute atomic E-state index is 0.159. The van der Waals surface area contributed by atoms with Gasteiger partial charge >= 0.3 is 0 Å². The van der Waals surface area contributed by atoms with Gasteiger partial charge in [0, 0.05) is 18.6 Å². The lowest BCUT2D eigenvalue weighted by atomic mass is 10.6. The first-order valence-corrected chi connectivity index (χ1v) is 8.36. The second-order valence-corrected chi connectivity index (χ2v) is 7.60. The molecule has 0 spiro atoms. The molecule has 0 fully saturated rings. The SMILES string of the molecule is C=CCNc1nnc(SCCS(C)(=O)=O)s1. The van der Waals surface area contributed by atoms with Gasteiger partial charge in [-0.2, -0.15) is 0 Å². The lowest BCUT2D eigenvalue weighted by Gasteiger charge is -1.95. The lowest BCUT2D eigenvalue weighted by molar-refractivity contribution is 0.603. The molecule has 0 amide bonds. The molecule has 5 nitrogen and oxygen atoms in total. The molecule has 0 aliphatic rings. The van der Waals surface area contributed by atoms with Gasteiger partial charge in [-0.1, -0.05) is 29.2 Å². The Balaban J connectivity index is 2.37. The van der Waals surface area contributed by atoms with Gasteiger partial charge in [-0.05, 0) is 0 Å². The highest BCUT2D eigenvalue weighted by Crippen LogP contribution is 2.25. The first kappa shape index (κ1) is 13.5. The zero-order valence-electron chi connectivity index (χ0n) is 8.84. The minimum Gasteiger partial charge on any atom is -0.357 e. The zero-order valence-corrected chi connectivity index (χ0v) is 11.3. The summed E-state index contributed by atoms with van der Waals surface area (Å²) >= 11 is 2.81. The summed E-state index contributed by atoms with van der Waals surface area (Å²) in [5.41, 5.74) is 0. The maximum Gasteiger partial charge on any atom is 0.206 e. The van der Waals surface area contributed by atoms with E-state index in [1.807, 2.05) is 0 Å². The van der Waals surface area contributed by atoms with Crippen molar-refractivity contribution in [1.29, 1.82) is 0 Å². The van der Waals surface area contributed by atoms with Gasteiger partial charge < -0.3 is 5.32 Å². The summed E-state index contributed by atoms with van der Waals surface area (Å²) in [5.74, 6) is 0.668. The van der Waals surface area contributed by atoms with Crippen LogP contribution in [0.25, 0.3) is 0 Å². The second-order valence-electron chi connectivity index (χ2n) is 3.02. The smallest absolute Gasteiger partial charge is 0.206 e. The van der Waals surface area contributed by atoms with Crippen molar-refractivity contribution in [3.63, 3.8) is 0 Å². The van der Waals surface area contributed by atoms with Gasteiger partial charge in [-0.25, -0.2) is 8.42 Å². The highest BCUT2D eigenvalue weighted by Gasteiger charge is 2.06. The Morgan fingerprint density at radius 3 is 2.94 bits per heavy atom. The predicted molar refractivity (Wildman–Crippen MR) is 69.0 cm³/mol. The molecular formula is C8H13N3O2S3. The third-order valence-corrected chi connectivity index (χ3v) is 4.70. The van der Waals surface area contributed by atoms with Crippen molar-refractivity contribution >= 4 is 38.1 Å². The third kappa shape index (κ3) is 5.47. The van der Waals surface area contributed by atoms with Gasteiger partial charge in [-0.15, -0.1) is 16.8 Å². The molecule has 0 unspecified atom stereocenters. The molecule has 0 aliphatic carbocycles. The third-order valence-electron chi connectivity index (χ3n) is 1.48. The van der Waals surface area contributed by atoms with Gasteiger partial charge in [0.05, 0.1) is 5.75 Å². The molecule has 0 aromatic carbocycles. The van der Waals surface area contributed by atoms with Crippen molar-refractivity contribution in [2.45, 2.75) is 4.34 Å². The van der Waals surface area contributed by atoms with Gasteiger partial charge in [-0.3, -0.25) is 0 Å². The molecule has 1 heterocycles. The fraction of sp³-hybridized carbons (Fsp3) is 0.500. The van der Waals surface area contributed by atoms with Gasteiger partial charge in [0.25, 0.3) is 0 Å². The van der Waals surface area contributed by atoms with Crippen molar-refractivity contribution in [1.82, 2.24) is 10.2 Å². The molecular weight excluding hydrogens is 266 g/mol. The van der Waals surface area contributed by atoms with Crippen LogP contribution in [0.3, 0.4) is 0 Å². The van der Waals surface area contributed by atoms with Gasteiger partial charge in [0.15, 0.2) is 4.34 Å². The van der Waals surface area contributed by atoms with E-state index in [1.54, 1.807) is 6.08 Å². The number of hydrogen-bond donors (Lipinski definition) is 1. The van der Waals surface area contributed by atoms with Crippen LogP contribution in [0.4, 0.5) is 5.13 Å². The Morgan fingerprint density at radius 1 is 1.56 bits per heavy atom. The Hall–Kier alpha value is -0.600. The number of nitrogens with one attached hydrogen (secondary N) is 1. The molecule has 0 aliphatic heterocycles. The number of rotatable bonds is 7. The summed E-state index contributed by atoms with van der Waals surface area (Å²) in [6.45, 7) is 4.22. The van der Waals surface area contributed by atoms with Crippen LogP contribution in [-0.2, 0) is 9.84 Å². The molecule has 90 valence electrons. The van der Waals surface area contributed by atoms with E-state index >= 15 is 0 Å². The standard InChI is InChI=1S/C8H13N3O2S3/c1-3-4-9-7-10-11-8(15-7)14-5-6-16(2,12)13/h3H,1,4-6H2,2H3,(H,9,10). The van der Waals surface area contributed by atoms with E-state index in [9.17, 15) is 8.42 Å².